The molecular weight excluding hydrogens is 411 g/mol. The summed E-state index contributed by atoms with van der Waals surface area (Å²) < 4.78 is 44.8. The maximum Gasteiger partial charge on any atom is 0.417 e. The van der Waals surface area contributed by atoms with Gasteiger partial charge in [0.25, 0.3) is 0 Å². The van der Waals surface area contributed by atoms with Crippen LogP contribution < -0.4 is 10.1 Å². The molecule has 3 rings (SSSR count). The van der Waals surface area contributed by atoms with Gasteiger partial charge in [-0.3, -0.25) is 4.79 Å². The molecule has 0 saturated carbocycles. The van der Waals surface area contributed by atoms with E-state index in [1.54, 1.807) is 38.1 Å². The fourth-order valence-corrected chi connectivity index (χ4v) is 2.95. The summed E-state index contributed by atoms with van der Waals surface area (Å²) >= 11 is 0. The highest BCUT2D eigenvalue weighted by Gasteiger charge is 2.30. The molecule has 0 aliphatic carbocycles. The van der Waals surface area contributed by atoms with Crippen molar-refractivity contribution in [2.75, 3.05) is 11.9 Å². The highest BCUT2D eigenvalue weighted by molar-refractivity contribution is 5.92. The normalized spacial score (nSPS) is 11.1. The van der Waals surface area contributed by atoms with Crippen LogP contribution in [0.2, 0.25) is 0 Å². The monoisotopic (exact) mass is 429 g/mol. The molecule has 2 aromatic heterocycles. The Morgan fingerprint density at radius 3 is 2.48 bits per heavy atom. The predicted octanol–water partition coefficient (Wildman–Crippen LogP) is 3.99. The first kappa shape index (κ1) is 21.8. The molecule has 31 heavy (non-hydrogen) atoms. The molecule has 0 fully saturated rings. The maximum atomic E-state index is 12.7. The highest BCUT2D eigenvalue weighted by Crippen LogP contribution is 2.29. The van der Waals surface area contributed by atoms with E-state index in [0.29, 0.717) is 28.4 Å². The lowest BCUT2D eigenvalue weighted by Gasteiger charge is -2.09. The minimum atomic E-state index is -4.47. The van der Waals surface area contributed by atoms with Crippen molar-refractivity contribution < 1.29 is 22.7 Å². The second-order valence-electron chi connectivity index (χ2n) is 6.66. The third-order valence-electron chi connectivity index (χ3n) is 4.51. The van der Waals surface area contributed by atoms with Gasteiger partial charge in [0.05, 0.1) is 17.7 Å². The van der Waals surface area contributed by atoms with E-state index in [1.165, 1.54) is 10.7 Å². The Morgan fingerprint density at radius 1 is 1.19 bits per heavy atom. The van der Waals surface area contributed by atoms with Crippen LogP contribution in [0, 0.1) is 25.2 Å². The number of nitrogens with zero attached hydrogens (tertiary/aromatic N) is 4. The van der Waals surface area contributed by atoms with E-state index < -0.39 is 11.7 Å². The SMILES string of the molecule is Cc1nn(-c2ccc(C(F)(F)F)cn2)c(C)c1CC(=O)Nc1ccc(OCC#N)cc1. The summed E-state index contributed by atoms with van der Waals surface area (Å²) in [6, 6.07) is 10.6. The predicted molar refractivity (Wildman–Crippen MR) is 106 cm³/mol. The van der Waals surface area contributed by atoms with E-state index in [-0.39, 0.29) is 24.8 Å². The number of nitriles is 1. The quantitative estimate of drug-likeness (QED) is 0.640. The summed E-state index contributed by atoms with van der Waals surface area (Å²) in [6.45, 7) is 3.38. The van der Waals surface area contributed by atoms with Crippen LogP contribution in [0.15, 0.2) is 42.6 Å². The zero-order valence-corrected chi connectivity index (χ0v) is 16.7. The molecule has 0 aliphatic rings. The van der Waals surface area contributed by atoms with E-state index in [0.717, 1.165) is 12.3 Å². The number of carbonyl (C=O) groups excluding carboxylic acids is 1. The van der Waals surface area contributed by atoms with Crippen LogP contribution >= 0.6 is 0 Å². The molecule has 1 N–H and O–H groups in total. The molecule has 1 amide bonds. The fourth-order valence-electron chi connectivity index (χ4n) is 2.95. The van der Waals surface area contributed by atoms with Crippen molar-refractivity contribution in [3.63, 3.8) is 0 Å². The zero-order chi connectivity index (χ0) is 22.6. The molecule has 0 spiro atoms. The Bertz CT molecular complexity index is 1110. The van der Waals surface area contributed by atoms with Gasteiger partial charge in [-0.2, -0.15) is 23.5 Å². The van der Waals surface area contributed by atoms with Crippen molar-refractivity contribution >= 4 is 11.6 Å². The van der Waals surface area contributed by atoms with Gasteiger partial charge in [0.15, 0.2) is 12.4 Å². The summed E-state index contributed by atoms with van der Waals surface area (Å²) in [5.74, 6) is 0.460. The molecular formula is C21H18F3N5O2. The van der Waals surface area contributed by atoms with Crippen LogP contribution in [-0.2, 0) is 17.4 Å². The number of alkyl halides is 3. The van der Waals surface area contributed by atoms with Gasteiger partial charge in [-0.1, -0.05) is 0 Å². The number of pyridine rings is 1. The van der Waals surface area contributed by atoms with Gasteiger partial charge in [-0.25, -0.2) is 9.67 Å². The molecule has 3 aromatic rings. The van der Waals surface area contributed by atoms with Crippen molar-refractivity contribution in [2.45, 2.75) is 26.4 Å². The largest absolute Gasteiger partial charge is 0.479 e. The number of aromatic nitrogens is 3. The number of hydrogen-bond acceptors (Lipinski definition) is 5. The Kier molecular flexibility index (Phi) is 6.25. The van der Waals surface area contributed by atoms with E-state index >= 15 is 0 Å². The molecule has 2 heterocycles. The number of rotatable bonds is 6. The first-order valence-corrected chi connectivity index (χ1v) is 9.17. The Labute approximate surface area is 176 Å². The number of hydrogen-bond donors (Lipinski definition) is 1. The van der Waals surface area contributed by atoms with Crippen LogP contribution in [0.5, 0.6) is 5.75 Å². The van der Waals surface area contributed by atoms with Gasteiger partial charge in [-0.05, 0) is 50.2 Å². The lowest BCUT2D eigenvalue weighted by Crippen LogP contribution is -2.15. The van der Waals surface area contributed by atoms with Crippen molar-refractivity contribution in [1.29, 1.82) is 5.26 Å². The number of nitrogens with one attached hydrogen (secondary N) is 1. The molecule has 0 unspecified atom stereocenters. The van der Waals surface area contributed by atoms with Gasteiger partial charge >= 0.3 is 6.18 Å². The van der Waals surface area contributed by atoms with Gasteiger partial charge in [0.1, 0.15) is 11.8 Å². The molecule has 10 heteroatoms. The summed E-state index contributed by atoms with van der Waals surface area (Å²) in [7, 11) is 0. The smallest absolute Gasteiger partial charge is 0.417 e. The molecule has 7 nitrogen and oxygen atoms in total. The van der Waals surface area contributed by atoms with Crippen molar-refractivity contribution in [2.24, 2.45) is 0 Å². The van der Waals surface area contributed by atoms with Crippen LogP contribution in [0.3, 0.4) is 0 Å². The minimum absolute atomic E-state index is 0.0327. The average molecular weight is 429 g/mol. The second-order valence-corrected chi connectivity index (χ2v) is 6.66. The lowest BCUT2D eigenvalue weighted by molar-refractivity contribution is -0.137. The molecule has 160 valence electrons. The van der Waals surface area contributed by atoms with Gasteiger partial charge in [0, 0.05) is 23.1 Å². The molecule has 0 radical (unpaired) electrons. The molecule has 0 bridgehead atoms. The second kappa shape index (κ2) is 8.87. The van der Waals surface area contributed by atoms with Crippen LogP contribution in [0.1, 0.15) is 22.5 Å². The van der Waals surface area contributed by atoms with Crippen molar-refractivity contribution in [1.82, 2.24) is 14.8 Å². The summed E-state index contributed by atoms with van der Waals surface area (Å²) in [5.41, 5.74) is 1.56. The zero-order valence-electron chi connectivity index (χ0n) is 16.7. The van der Waals surface area contributed by atoms with E-state index in [2.05, 4.69) is 15.4 Å². The first-order chi connectivity index (χ1) is 14.7. The van der Waals surface area contributed by atoms with Gasteiger partial charge < -0.3 is 10.1 Å². The van der Waals surface area contributed by atoms with Crippen molar-refractivity contribution in [3.05, 3.63) is 65.1 Å². The molecule has 0 saturated heterocycles. The average Bonchev–Trinajstić information content (AvgIpc) is 3.01. The Balaban J connectivity index is 1.72. The standard InChI is InChI=1S/C21H18F3N5O2/c1-13-18(11-20(30)27-16-4-6-17(7-5-16)31-10-9-25)14(2)29(28-13)19-8-3-15(12-26-19)21(22,23)24/h3-8,12H,10-11H2,1-2H3,(H,27,30). The van der Waals surface area contributed by atoms with E-state index in [9.17, 15) is 18.0 Å². The topological polar surface area (TPSA) is 92.8 Å². The van der Waals surface area contributed by atoms with Crippen LogP contribution in [-0.4, -0.2) is 27.3 Å². The number of halogens is 3. The number of aryl methyl sites for hydroxylation is 1. The number of anilines is 1. The third kappa shape index (κ3) is 5.19. The van der Waals surface area contributed by atoms with E-state index in [4.69, 9.17) is 10.00 Å². The van der Waals surface area contributed by atoms with Gasteiger partial charge in [-0.15, -0.1) is 0 Å². The summed E-state index contributed by atoms with van der Waals surface area (Å²) in [5, 5.41) is 15.6. The number of amides is 1. The van der Waals surface area contributed by atoms with Crippen LogP contribution in [0.25, 0.3) is 5.82 Å². The van der Waals surface area contributed by atoms with Crippen molar-refractivity contribution in [3.8, 4) is 17.6 Å². The van der Waals surface area contributed by atoms with Gasteiger partial charge in [0.2, 0.25) is 5.91 Å². The number of benzene rings is 1. The number of carbonyl (C=O) groups is 1. The Hall–Kier alpha value is -3.87. The summed E-state index contributed by atoms with van der Waals surface area (Å²) in [6.07, 6.45) is -3.68. The first-order valence-electron chi connectivity index (χ1n) is 9.17. The summed E-state index contributed by atoms with van der Waals surface area (Å²) in [4.78, 5) is 16.3. The molecule has 0 aliphatic heterocycles. The minimum Gasteiger partial charge on any atom is -0.479 e. The fraction of sp³-hybridized carbons (Fsp3) is 0.238. The molecule has 1 aromatic carbocycles. The maximum absolute atomic E-state index is 12.7. The Morgan fingerprint density at radius 2 is 1.90 bits per heavy atom. The highest BCUT2D eigenvalue weighted by atomic mass is 19.4. The lowest BCUT2D eigenvalue weighted by atomic mass is 10.1. The third-order valence-corrected chi connectivity index (χ3v) is 4.51. The number of ether oxygens (including phenoxy) is 1. The molecule has 0 atom stereocenters. The van der Waals surface area contributed by atoms with Crippen LogP contribution in [0.4, 0.5) is 18.9 Å². The van der Waals surface area contributed by atoms with E-state index in [1.807, 2.05) is 6.07 Å².